The lowest BCUT2D eigenvalue weighted by Crippen LogP contribution is -2.49. The number of rotatable bonds is 5. The summed E-state index contributed by atoms with van der Waals surface area (Å²) in [7, 11) is 2.75. The molecule has 35 heavy (non-hydrogen) atoms. The molecule has 12 nitrogen and oxygen atoms in total. The average Bonchev–Trinajstić information content (AvgIpc) is 3.12. The molecule has 0 radical (unpaired) electrons. The van der Waals surface area contributed by atoms with Crippen LogP contribution >= 0.6 is 0 Å². The standard InChI is InChI=1S/C22H26FN7O5/c1-12-6-18-16(11-29(12)21(32)26-14-4-5-17(23)13(7-14)8-24)19-20(31)28(2)35-15(10-30(19)27-18)9-25-22(33)34-3/h4-5,7,12,15,21,26,32H,6,9-11H2,1-3H3,(H,25,33)/t12-,15+,21?/m1/s1. The molecule has 186 valence electrons. The van der Waals surface area contributed by atoms with Crippen LogP contribution in [-0.2, 0) is 29.1 Å². The van der Waals surface area contributed by atoms with Gasteiger partial charge in [-0.1, -0.05) is 0 Å². The van der Waals surface area contributed by atoms with Gasteiger partial charge in [-0.25, -0.2) is 14.2 Å². The number of nitrogens with one attached hydrogen (secondary N) is 2. The van der Waals surface area contributed by atoms with E-state index in [0.717, 1.165) is 16.8 Å². The fourth-order valence-corrected chi connectivity index (χ4v) is 4.26. The zero-order valence-electron chi connectivity index (χ0n) is 19.5. The van der Waals surface area contributed by atoms with Crippen molar-refractivity contribution in [3.63, 3.8) is 0 Å². The molecule has 0 fully saturated rings. The number of halogens is 1. The summed E-state index contributed by atoms with van der Waals surface area (Å²) in [5, 5.41) is 31.1. The van der Waals surface area contributed by atoms with Crippen LogP contribution in [0.1, 0.15) is 34.2 Å². The highest BCUT2D eigenvalue weighted by Crippen LogP contribution is 2.30. The molecule has 13 heteroatoms. The molecule has 3 atom stereocenters. The van der Waals surface area contributed by atoms with Gasteiger partial charge in [0, 0.05) is 37.3 Å². The van der Waals surface area contributed by atoms with Crippen LogP contribution in [0.2, 0.25) is 0 Å². The Morgan fingerprint density at radius 3 is 2.97 bits per heavy atom. The van der Waals surface area contributed by atoms with E-state index in [1.165, 1.54) is 26.3 Å². The predicted molar refractivity (Wildman–Crippen MR) is 119 cm³/mol. The first-order chi connectivity index (χ1) is 16.7. The van der Waals surface area contributed by atoms with Crippen LogP contribution in [0.25, 0.3) is 0 Å². The number of methoxy groups -OCH3 is 1. The molecule has 1 aromatic carbocycles. The Balaban J connectivity index is 1.56. The van der Waals surface area contributed by atoms with Crippen molar-refractivity contribution in [2.75, 3.05) is 26.0 Å². The third kappa shape index (κ3) is 4.90. The van der Waals surface area contributed by atoms with Crippen LogP contribution in [-0.4, -0.2) is 76.1 Å². The Hall–Kier alpha value is -3.73. The molecule has 0 spiro atoms. The highest BCUT2D eigenvalue weighted by Gasteiger charge is 2.38. The minimum absolute atomic E-state index is 0.113. The molecule has 0 aliphatic carbocycles. The van der Waals surface area contributed by atoms with E-state index in [1.807, 2.05) is 6.92 Å². The highest BCUT2D eigenvalue weighted by atomic mass is 19.1. The van der Waals surface area contributed by atoms with Crippen molar-refractivity contribution < 1.29 is 28.7 Å². The van der Waals surface area contributed by atoms with Crippen LogP contribution in [0.4, 0.5) is 14.9 Å². The second-order valence-electron chi connectivity index (χ2n) is 8.41. The first-order valence-electron chi connectivity index (χ1n) is 11.0. The van der Waals surface area contributed by atoms with E-state index >= 15 is 0 Å². The minimum Gasteiger partial charge on any atom is -0.453 e. The summed E-state index contributed by atoms with van der Waals surface area (Å²) < 4.78 is 19.8. The van der Waals surface area contributed by atoms with Gasteiger partial charge >= 0.3 is 6.09 Å². The number of aliphatic hydroxyl groups excluding tert-OH is 1. The van der Waals surface area contributed by atoms with E-state index in [0.29, 0.717) is 23.4 Å². The number of carbonyl (C=O) groups excluding carboxylic acids is 2. The van der Waals surface area contributed by atoms with Crippen molar-refractivity contribution in [3.8, 4) is 6.07 Å². The Bertz CT molecular complexity index is 1180. The summed E-state index contributed by atoms with van der Waals surface area (Å²) in [6.07, 6.45) is -1.86. The van der Waals surface area contributed by atoms with Crippen LogP contribution in [0.5, 0.6) is 0 Å². The molecule has 0 saturated heterocycles. The minimum atomic E-state index is -1.17. The number of carbonyl (C=O) groups is 2. The van der Waals surface area contributed by atoms with Crippen molar-refractivity contribution in [1.29, 1.82) is 5.26 Å². The summed E-state index contributed by atoms with van der Waals surface area (Å²) >= 11 is 0. The number of nitrogens with zero attached hydrogens (tertiary/aromatic N) is 5. The van der Waals surface area contributed by atoms with Gasteiger partial charge < -0.3 is 20.5 Å². The molecule has 2 amide bonds. The maximum absolute atomic E-state index is 13.6. The van der Waals surface area contributed by atoms with Gasteiger partial charge in [-0.3, -0.25) is 19.2 Å². The van der Waals surface area contributed by atoms with Crippen molar-refractivity contribution in [2.45, 2.75) is 44.9 Å². The van der Waals surface area contributed by atoms with E-state index in [1.54, 1.807) is 15.7 Å². The Labute approximate surface area is 200 Å². The second kappa shape index (κ2) is 9.87. The normalized spacial score (nSPS) is 20.8. The zero-order chi connectivity index (χ0) is 25.3. The van der Waals surface area contributed by atoms with Crippen molar-refractivity contribution in [1.82, 2.24) is 25.1 Å². The van der Waals surface area contributed by atoms with Crippen molar-refractivity contribution >= 4 is 17.7 Å². The lowest BCUT2D eigenvalue weighted by atomic mass is 9.99. The van der Waals surface area contributed by atoms with E-state index in [4.69, 9.17) is 10.1 Å². The number of nitriles is 1. The molecule has 1 unspecified atom stereocenters. The van der Waals surface area contributed by atoms with Gasteiger partial charge in [-0.05, 0) is 25.1 Å². The number of hydroxylamine groups is 2. The summed E-state index contributed by atoms with van der Waals surface area (Å²) in [5.74, 6) is -1.04. The predicted octanol–water partition coefficient (Wildman–Crippen LogP) is 0.770. The van der Waals surface area contributed by atoms with Crippen LogP contribution in [0.15, 0.2) is 18.2 Å². The van der Waals surface area contributed by atoms with Gasteiger partial charge in [-0.15, -0.1) is 0 Å². The summed E-state index contributed by atoms with van der Waals surface area (Å²) in [5.41, 5.74) is 2.01. The van der Waals surface area contributed by atoms with E-state index in [-0.39, 0.29) is 31.2 Å². The fourth-order valence-electron chi connectivity index (χ4n) is 4.26. The molecule has 4 rings (SSSR count). The topological polar surface area (TPSA) is 145 Å². The molecule has 3 N–H and O–H groups in total. The number of hydrogen-bond donors (Lipinski definition) is 3. The van der Waals surface area contributed by atoms with Gasteiger partial charge in [0.15, 0.2) is 6.35 Å². The van der Waals surface area contributed by atoms with E-state index in [9.17, 15) is 19.1 Å². The van der Waals surface area contributed by atoms with Gasteiger partial charge in [-0.2, -0.15) is 10.4 Å². The first kappa shape index (κ1) is 24.4. The van der Waals surface area contributed by atoms with Gasteiger partial charge in [0.2, 0.25) is 0 Å². The maximum atomic E-state index is 13.6. The van der Waals surface area contributed by atoms with E-state index in [2.05, 4.69) is 20.5 Å². The number of hydrogen-bond acceptors (Lipinski definition) is 9. The Kier molecular flexibility index (Phi) is 6.88. The van der Waals surface area contributed by atoms with E-state index < -0.39 is 30.3 Å². The Morgan fingerprint density at radius 2 is 2.26 bits per heavy atom. The lowest BCUT2D eigenvalue weighted by Gasteiger charge is -2.37. The van der Waals surface area contributed by atoms with Gasteiger partial charge in [0.05, 0.1) is 31.5 Å². The molecule has 2 aliphatic heterocycles. The number of ether oxygens (including phenoxy) is 1. The molecule has 0 bridgehead atoms. The van der Waals surface area contributed by atoms with Gasteiger partial charge in [0.1, 0.15) is 23.7 Å². The zero-order valence-corrected chi connectivity index (χ0v) is 19.5. The smallest absolute Gasteiger partial charge is 0.406 e. The Morgan fingerprint density at radius 1 is 1.49 bits per heavy atom. The van der Waals surface area contributed by atoms with Crippen molar-refractivity contribution in [3.05, 3.63) is 46.5 Å². The third-order valence-electron chi connectivity index (χ3n) is 6.06. The quantitative estimate of drug-likeness (QED) is 0.521. The summed E-state index contributed by atoms with van der Waals surface area (Å²) in [6.45, 7) is 2.48. The second-order valence-corrected chi connectivity index (χ2v) is 8.41. The number of aromatic nitrogens is 2. The molecule has 0 saturated carbocycles. The molecule has 1 aromatic heterocycles. The van der Waals surface area contributed by atoms with Crippen LogP contribution in [0.3, 0.4) is 0 Å². The summed E-state index contributed by atoms with van der Waals surface area (Å²) in [4.78, 5) is 32.0. The van der Waals surface area contributed by atoms with Crippen LogP contribution < -0.4 is 10.6 Å². The van der Waals surface area contributed by atoms with Gasteiger partial charge in [0.25, 0.3) is 5.91 Å². The average molecular weight is 487 g/mol. The molecular formula is C22H26FN7O5. The van der Waals surface area contributed by atoms with Crippen LogP contribution in [0, 0.1) is 17.1 Å². The first-order valence-corrected chi connectivity index (χ1v) is 11.0. The molecule has 2 aliphatic rings. The number of fused-ring (bicyclic) bond motifs is 3. The molecular weight excluding hydrogens is 461 g/mol. The fraction of sp³-hybridized carbons (Fsp3) is 0.455. The molecule has 3 heterocycles. The highest BCUT2D eigenvalue weighted by molar-refractivity contribution is 5.93. The van der Waals surface area contributed by atoms with Crippen molar-refractivity contribution in [2.24, 2.45) is 0 Å². The SMILES string of the molecule is COC(=O)NC[C@H]1Cn2nc3c(c2C(=O)N(C)O1)CN(C(O)Nc1ccc(F)c(C#N)c1)[C@H](C)C3. The monoisotopic (exact) mass is 487 g/mol. The number of anilines is 1. The largest absolute Gasteiger partial charge is 0.453 e. The number of alkyl carbamates (subject to hydrolysis) is 1. The summed E-state index contributed by atoms with van der Waals surface area (Å²) in [6, 6.07) is 5.55. The lowest BCUT2D eigenvalue weighted by molar-refractivity contribution is -0.146. The number of aliphatic hydroxyl groups is 1. The molecule has 2 aromatic rings. The maximum Gasteiger partial charge on any atom is 0.406 e. The number of benzene rings is 1. The number of amides is 2. The third-order valence-corrected chi connectivity index (χ3v) is 6.06.